The van der Waals surface area contributed by atoms with Crippen molar-refractivity contribution in [2.24, 2.45) is 11.8 Å². The predicted octanol–water partition coefficient (Wildman–Crippen LogP) is 3.26. The van der Waals surface area contributed by atoms with E-state index in [4.69, 9.17) is 21.9 Å². The van der Waals surface area contributed by atoms with E-state index in [0.717, 1.165) is 12.2 Å². The first-order chi connectivity index (χ1) is 7.17. The summed E-state index contributed by atoms with van der Waals surface area (Å²) in [5, 5.41) is 0.411. The monoisotopic (exact) mass is 230 g/mol. The Morgan fingerprint density at radius 3 is 2.73 bits per heavy atom. The van der Waals surface area contributed by atoms with Crippen LogP contribution in [0.2, 0.25) is 5.22 Å². The van der Waals surface area contributed by atoms with E-state index in [2.05, 4.69) is 19.3 Å². The van der Waals surface area contributed by atoms with Gasteiger partial charge in [0.15, 0.2) is 5.22 Å². The lowest BCUT2D eigenvalue weighted by atomic mass is 9.96. The number of rotatable bonds is 6. The molecule has 15 heavy (non-hydrogen) atoms. The Morgan fingerprint density at radius 2 is 2.27 bits per heavy atom. The Morgan fingerprint density at radius 1 is 1.53 bits per heavy atom. The molecule has 3 N–H and O–H groups in total. The Hall–Kier alpha value is -0.510. The molecule has 1 aromatic rings. The summed E-state index contributed by atoms with van der Waals surface area (Å²) < 4.78 is 5.34. The Balaban J connectivity index is 2.56. The molecule has 1 aromatic heterocycles. The third-order valence-electron chi connectivity index (χ3n) is 2.56. The van der Waals surface area contributed by atoms with E-state index in [0.29, 0.717) is 11.1 Å². The molecule has 3 nitrogen and oxygen atoms in total. The molecule has 0 saturated heterocycles. The summed E-state index contributed by atoms with van der Waals surface area (Å²) in [6.45, 7) is 4.41. The minimum Gasteiger partial charge on any atom is -0.448 e. The second-order valence-corrected chi connectivity index (χ2v) is 4.36. The number of hydrazine groups is 1. The van der Waals surface area contributed by atoms with Crippen LogP contribution in [0.4, 0.5) is 0 Å². The normalized spacial score (nSPS) is 15.2. The van der Waals surface area contributed by atoms with Gasteiger partial charge in [0.05, 0.1) is 6.04 Å². The van der Waals surface area contributed by atoms with Gasteiger partial charge in [0.1, 0.15) is 5.76 Å². The molecule has 4 heteroatoms. The molecule has 0 spiro atoms. The number of nitrogens with one attached hydrogen (secondary N) is 1. The van der Waals surface area contributed by atoms with Gasteiger partial charge in [-0.05, 0) is 36.1 Å². The molecular weight excluding hydrogens is 212 g/mol. The van der Waals surface area contributed by atoms with Gasteiger partial charge in [-0.3, -0.25) is 5.84 Å². The lowest BCUT2D eigenvalue weighted by molar-refractivity contribution is 0.344. The average molecular weight is 231 g/mol. The molecule has 1 heterocycles. The minimum absolute atomic E-state index is 0.0547. The van der Waals surface area contributed by atoms with E-state index in [1.54, 1.807) is 6.07 Å². The topological polar surface area (TPSA) is 51.2 Å². The Labute approximate surface area is 95.9 Å². The number of halogens is 1. The third-order valence-corrected chi connectivity index (χ3v) is 2.76. The SMILES string of the molecule is CCCC(C)CC(NN)c1ccc(Cl)o1. The standard InChI is InChI=1S/C11H19ClN2O/c1-3-4-8(2)7-9(14-13)10-5-6-11(12)15-10/h5-6,8-9,14H,3-4,7,13H2,1-2H3. The molecule has 86 valence electrons. The van der Waals surface area contributed by atoms with Crippen LogP contribution >= 0.6 is 11.6 Å². The molecule has 0 bridgehead atoms. The summed E-state index contributed by atoms with van der Waals surface area (Å²) in [7, 11) is 0. The summed E-state index contributed by atoms with van der Waals surface area (Å²) in [5.41, 5.74) is 2.77. The number of nitrogens with two attached hydrogens (primary N) is 1. The largest absolute Gasteiger partial charge is 0.448 e. The van der Waals surface area contributed by atoms with Crippen LogP contribution in [0.3, 0.4) is 0 Å². The fourth-order valence-corrected chi connectivity index (χ4v) is 1.95. The van der Waals surface area contributed by atoms with Gasteiger partial charge in [-0.15, -0.1) is 0 Å². The number of hydrogen-bond donors (Lipinski definition) is 2. The molecule has 0 saturated carbocycles. The second-order valence-electron chi connectivity index (χ2n) is 3.99. The van der Waals surface area contributed by atoms with Crippen LogP contribution in [-0.2, 0) is 0 Å². The Kier molecular flexibility index (Phi) is 5.15. The quantitative estimate of drug-likeness (QED) is 0.583. The van der Waals surface area contributed by atoms with Gasteiger partial charge in [-0.1, -0.05) is 26.7 Å². The van der Waals surface area contributed by atoms with Crippen molar-refractivity contribution in [3.05, 3.63) is 23.1 Å². The maximum atomic E-state index is 5.72. The summed E-state index contributed by atoms with van der Waals surface area (Å²) in [4.78, 5) is 0. The highest BCUT2D eigenvalue weighted by atomic mass is 35.5. The zero-order valence-electron chi connectivity index (χ0n) is 9.29. The smallest absolute Gasteiger partial charge is 0.193 e. The Bertz CT molecular complexity index is 288. The third kappa shape index (κ3) is 3.86. The van der Waals surface area contributed by atoms with Crippen molar-refractivity contribution in [2.75, 3.05) is 0 Å². The van der Waals surface area contributed by atoms with E-state index in [1.165, 1.54) is 12.8 Å². The summed E-state index contributed by atoms with van der Waals surface area (Å²) in [6.07, 6.45) is 3.36. The number of furan rings is 1. The van der Waals surface area contributed by atoms with Crippen molar-refractivity contribution in [1.29, 1.82) is 0 Å². The maximum absolute atomic E-state index is 5.72. The van der Waals surface area contributed by atoms with Crippen molar-refractivity contribution >= 4 is 11.6 Å². The summed E-state index contributed by atoms with van der Waals surface area (Å²) in [5.74, 6) is 6.94. The zero-order chi connectivity index (χ0) is 11.3. The van der Waals surface area contributed by atoms with Crippen LogP contribution < -0.4 is 11.3 Å². The molecule has 0 fully saturated rings. The molecule has 2 atom stereocenters. The lowest BCUT2D eigenvalue weighted by Gasteiger charge is -2.17. The molecular formula is C11H19ClN2O. The van der Waals surface area contributed by atoms with Crippen molar-refractivity contribution < 1.29 is 4.42 Å². The molecule has 0 aromatic carbocycles. The van der Waals surface area contributed by atoms with Gasteiger partial charge >= 0.3 is 0 Å². The van der Waals surface area contributed by atoms with Gasteiger partial charge < -0.3 is 4.42 Å². The highest BCUT2D eigenvalue weighted by Gasteiger charge is 2.16. The summed E-state index contributed by atoms with van der Waals surface area (Å²) in [6, 6.07) is 3.66. The van der Waals surface area contributed by atoms with E-state index >= 15 is 0 Å². The maximum Gasteiger partial charge on any atom is 0.193 e. The van der Waals surface area contributed by atoms with Gasteiger partial charge in [-0.2, -0.15) is 0 Å². The van der Waals surface area contributed by atoms with Crippen LogP contribution in [0.25, 0.3) is 0 Å². The fraction of sp³-hybridized carbons (Fsp3) is 0.636. The minimum atomic E-state index is 0.0547. The molecule has 1 rings (SSSR count). The van der Waals surface area contributed by atoms with Crippen LogP contribution in [0.5, 0.6) is 0 Å². The van der Waals surface area contributed by atoms with Gasteiger partial charge in [-0.25, -0.2) is 5.43 Å². The van der Waals surface area contributed by atoms with Crippen molar-refractivity contribution in [3.8, 4) is 0 Å². The molecule has 0 aliphatic carbocycles. The van der Waals surface area contributed by atoms with E-state index in [-0.39, 0.29) is 6.04 Å². The highest BCUT2D eigenvalue weighted by molar-refractivity contribution is 6.28. The van der Waals surface area contributed by atoms with Crippen molar-refractivity contribution in [1.82, 2.24) is 5.43 Å². The fourth-order valence-electron chi connectivity index (χ4n) is 1.79. The second kappa shape index (κ2) is 6.16. The van der Waals surface area contributed by atoms with Crippen LogP contribution in [0.15, 0.2) is 16.5 Å². The van der Waals surface area contributed by atoms with E-state index in [9.17, 15) is 0 Å². The molecule has 2 unspecified atom stereocenters. The highest BCUT2D eigenvalue weighted by Crippen LogP contribution is 2.26. The van der Waals surface area contributed by atoms with E-state index in [1.807, 2.05) is 6.07 Å². The molecule has 0 amide bonds. The van der Waals surface area contributed by atoms with Crippen LogP contribution in [0, 0.1) is 5.92 Å². The van der Waals surface area contributed by atoms with Crippen molar-refractivity contribution in [3.63, 3.8) is 0 Å². The van der Waals surface area contributed by atoms with Gasteiger partial charge in [0.25, 0.3) is 0 Å². The summed E-state index contributed by atoms with van der Waals surface area (Å²) >= 11 is 5.72. The first-order valence-electron chi connectivity index (χ1n) is 5.38. The van der Waals surface area contributed by atoms with Crippen LogP contribution in [0.1, 0.15) is 44.9 Å². The van der Waals surface area contributed by atoms with Crippen molar-refractivity contribution in [2.45, 2.75) is 39.2 Å². The van der Waals surface area contributed by atoms with Crippen LogP contribution in [-0.4, -0.2) is 0 Å². The molecule has 0 aliphatic heterocycles. The lowest BCUT2D eigenvalue weighted by Crippen LogP contribution is -2.29. The predicted molar refractivity (Wildman–Crippen MR) is 62.5 cm³/mol. The first kappa shape index (κ1) is 12.6. The van der Waals surface area contributed by atoms with E-state index < -0.39 is 0 Å². The molecule has 0 aliphatic rings. The molecule has 0 radical (unpaired) electrons. The number of hydrogen-bond acceptors (Lipinski definition) is 3. The first-order valence-corrected chi connectivity index (χ1v) is 5.76. The van der Waals surface area contributed by atoms with Gasteiger partial charge in [0, 0.05) is 0 Å². The zero-order valence-corrected chi connectivity index (χ0v) is 10.1. The average Bonchev–Trinajstić information content (AvgIpc) is 2.61. The van der Waals surface area contributed by atoms with Gasteiger partial charge in [0.2, 0.25) is 0 Å².